The van der Waals surface area contributed by atoms with Gasteiger partial charge < -0.3 is 10.5 Å². The molecule has 88 valence electrons. The Kier molecular flexibility index (Phi) is 3.38. The van der Waals surface area contributed by atoms with E-state index in [9.17, 15) is 9.18 Å². The predicted molar refractivity (Wildman–Crippen MR) is 56.1 cm³/mol. The zero-order valence-corrected chi connectivity index (χ0v) is 9.68. The van der Waals surface area contributed by atoms with Crippen molar-refractivity contribution in [2.75, 3.05) is 6.54 Å². The molecular formula is C11H20FNO2. The number of hydrogen-bond acceptors (Lipinski definition) is 3. The zero-order valence-electron chi connectivity index (χ0n) is 9.68. The molecule has 0 aliphatic heterocycles. The number of ether oxygens (including phenoxy) is 1. The fourth-order valence-electron chi connectivity index (χ4n) is 1.85. The van der Waals surface area contributed by atoms with Crippen LogP contribution in [-0.4, -0.2) is 23.8 Å². The van der Waals surface area contributed by atoms with Crippen molar-refractivity contribution >= 4 is 5.97 Å². The largest absolute Gasteiger partial charge is 0.460 e. The topological polar surface area (TPSA) is 52.3 Å². The summed E-state index contributed by atoms with van der Waals surface area (Å²) in [5.74, 6) is -0.617. The molecule has 1 rings (SSSR count). The first-order chi connectivity index (χ1) is 6.76. The van der Waals surface area contributed by atoms with Gasteiger partial charge in [-0.3, -0.25) is 4.79 Å². The van der Waals surface area contributed by atoms with Crippen LogP contribution in [0.15, 0.2) is 0 Å². The van der Waals surface area contributed by atoms with Crippen LogP contribution in [0.3, 0.4) is 0 Å². The summed E-state index contributed by atoms with van der Waals surface area (Å²) in [5, 5.41) is 0. The van der Waals surface area contributed by atoms with E-state index in [0.29, 0.717) is 12.8 Å². The van der Waals surface area contributed by atoms with E-state index in [0.717, 1.165) is 0 Å². The molecule has 0 bridgehead atoms. The van der Waals surface area contributed by atoms with Gasteiger partial charge in [0.2, 0.25) is 0 Å². The van der Waals surface area contributed by atoms with Crippen molar-refractivity contribution in [3.05, 3.63) is 0 Å². The van der Waals surface area contributed by atoms with Gasteiger partial charge in [-0.25, -0.2) is 4.39 Å². The number of rotatable bonds is 2. The van der Waals surface area contributed by atoms with E-state index >= 15 is 0 Å². The first-order valence-electron chi connectivity index (χ1n) is 5.38. The molecule has 1 aliphatic rings. The summed E-state index contributed by atoms with van der Waals surface area (Å²) in [7, 11) is 0. The van der Waals surface area contributed by atoms with Crippen LogP contribution in [0.1, 0.15) is 40.0 Å². The van der Waals surface area contributed by atoms with Gasteiger partial charge in [0.25, 0.3) is 0 Å². The molecule has 0 heterocycles. The Hall–Kier alpha value is -0.640. The predicted octanol–water partition coefficient (Wildman–Crippen LogP) is 1.80. The van der Waals surface area contributed by atoms with Gasteiger partial charge in [0, 0.05) is 6.54 Å². The number of nitrogens with two attached hydrogens (primary N) is 1. The molecule has 0 unspecified atom stereocenters. The van der Waals surface area contributed by atoms with Crippen molar-refractivity contribution in [1.29, 1.82) is 0 Å². The van der Waals surface area contributed by atoms with Crippen LogP contribution in [0.4, 0.5) is 4.39 Å². The van der Waals surface area contributed by atoms with Crippen LogP contribution < -0.4 is 5.73 Å². The van der Waals surface area contributed by atoms with Gasteiger partial charge in [0.05, 0.1) is 5.92 Å². The van der Waals surface area contributed by atoms with Crippen molar-refractivity contribution in [3.8, 4) is 0 Å². The van der Waals surface area contributed by atoms with E-state index in [2.05, 4.69) is 0 Å². The third-order valence-electron chi connectivity index (χ3n) is 2.66. The van der Waals surface area contributed by atoms with Crippen molar-refractivity contribution in [2.24, 2.45) is 11.7 Å². The minimum atomic E-state index is -1.36. The van der Waals surface area contributed by atoms with Crippen molar-refractivity contribution < 1.29 is 13.9 Å². The SMILES string of the molecule is CC(C)(C)OC(=O)[C@@H]1CC[C@](F)(CN)C1. The van der Waals surface area contributed by atoms with E-state index in [1.807, 2.05) is 20.8 Å². The summed E-state index contributed by atoms with van der Waals surface area (Å²) >= 11 is 0. The second kappa shape index (κ2) is 4.08. The van der Waals surface area contributed by atoms with Crippen LogP contribution in [-0.2, 0) is 9.53 Å². The molecule has 0 aromatic carbocycles. The molecule has 0 spiro atoms. The lowest BCUT2D eigenvalue weighted by atomic mass is 10.0. The maximum absolute atomic E-state index is 13.8. The van der Waals surface area contributed by atoms with Gasteiger partial charge in [-0.15, -0.1) is 0 Å². The molecule has 2 N–H and O–H groups in total. The Balaban J connectivity index is 2.51. The summed E-state index contributed by atoms with van der Waals surface area (Å²) in [6.07, 6.45) is 1.12. The summed E-state index contributed by atoms with van der Waals surface area (Å²) < 4.78 is 19.0. The highest BCUT2D eigenvalue weighted by atomic mass is 19.1. The fourth-order valence-corrected chi connectivity index (χ4v) is 1.85. The molecule has 0 radical (unpaired) electrons. The molecular weight excluding hydrogens is 197 g/mol. The first kappa shape index (κ1) is 12.4. The van der Waals surface area contributed by atoms with E-state index < -0.39 is 11.3 Å². The minimum Gasteiger partial charge on any atom is -0.460 e. The molecule has 0 amide bonds. The lowest BCUT2D eigenvalue weighted by molar-refractivity contribution is -0.160. The third-order valence-corrected chi connectivity index (χ3v) is 2.66. The van der Waals surface area contributed by atoms with Crippen LogP contribution in [0.2, 0.25) is 0 Å². The number of halogens is 1. The van der Waals surface area contributed by atoms with E-state index in [-0.39, 0.29) is 24.9 Å². The molecule has 3 nitrogen and oxygen atoms in total. The summed E-state index contributed by atoms with van der Waals surface area (Å²) in [6.45, 7) is 5.43. The molecule has 1 aliphatic carbocycles. The molecule has 1 saturated carbocycles. The molecule has 4 heteroatoms. The molecule has 15 heavy (non-hydrogen) atoms. The number of alkyl halides is 1. The normalized spacial score (nSPS) is 31.7. The summed E-state index contributed by atoms with van der Waals surface area (Å²) in [6, 6.07) is 0. The first-order valence-corrected chi connectivity index (χ1v) is 5.38. The van der Waals surface area contributed by atoms with Crippen LogP contribution in [0.25, 0.3) is 0 Å². The standard InChI is InChI=1S/C11H20FNO2/c1-10(2,3)15-9(14)8-4-5-11(12,6-8)7-13/h8H,4-7,13H2,1-3H3/t8-,11-/m1/s1. The monoisotopic (exact) mass is 217 g/mol. The maximum atomic E-state index is 13.8. The second-order valence-electron chi connectivity index (χ2n) is 5.33. The van der Waals surface area contributed by atoms with E-state index in [1.165, 1.54) is 0 Å². The molecule has 0 saturated heterocycles. The molecule has 2 atom stereocenters. The maximum Gasteiger partial charge on any atom is 0.309 e. The zero-order chi connectivity index (χ0) is 11.7. The Morgan fingerprint density at radius 2 is 2.20 bits per heavy atom. The average Bonchev–Trinajstić information content (AvgIpc) is 2.46. The van der Waals surface area contributed by atoms with E-state index in [4.69, 9.17) is 10.5 Å². The Labute approximate surface area is 90.2 Å². The number of esters is 1. The Bertz CT molecular complexity index is 249. The number of carbonyl (C=O) groups excluding carboxylic acids is 1. The highest BCUT2D eigenvalue weighted by Gasteiger charge is 2.42. The highest BCUT2D eigenvalue weighted by Crippen LogP contribution is 2.38. The number of carbonyl (C=O) groups is 1. The lowest BCUT2D eigenvalue weighted by Crippen LogP contribution is -2.32. The summed E-state index contributed by atoms with van der Waals surface area (Å²) in [5.41, 5.74) is 3.47. The van der Waals surface area contributed by atoms with Gasteiger partial charge in [0.15, 0.2) is 0 Å². The lowest BCUT2D eigenvalue weighted by Gasteiger charge is -2.22. The van der Waals surface area contributed by atoms with Crippen LogP contribution in [0, 0.1) is 5.92 Å². The van der Waals surface area contributed by atoms with Gasteiger partial charge in [-0.05, 0) is 40.0 Å². The van der Waals surface area contributed by atoms with Crippen molar-refractivity contribution in [2.45, 2.75) is 51.3 Å². The fraction of sp³-hybridized carbons (Fsp3) is 0.909. The van der Waals surface area contributed by atoms with Gasteiger partial charge in [-0.2, -0.15) is 0 Å². The van der Waals surface area contributed by atoms with Gasteiger partial charge in [-0.1, -0.05) is 0 Å². The molecule has 0 aromatic rings. The van der Waals surface area contributed by atoms with Crippen LogP contribution >= 0.6 is 0 Å². The third kappa shape index (κ3) is 3.45. The van der Waals surface area contributed by atoms with Gasteiger partial charge >= 0.3 is 5.97 Å². The molecule has 0 aromatic heterocycles. The second-order valence-corrected chi connectivity index (χ2v) is 5.33. The molecule has 1 fully saturated rings. The number of hydrogen-bond donors (Lipinski definition) is 1. The van der Waals surface area contributed by atoms with E-state index in [1.54, 1.807) is 0 Å². The average molecular weight is 217 g/mol. The smallest absolute Gasteiger partial charge is 0.309 e. The van der Waals surface area contributed by atoms with Crippen LogP contribution in [0.5, 0.6) is 0 Å². The Morgan fingerprint density at radius 3 is 2.60 bits per heavy atom. The van der Waals surface area contributed by atoms with Crippen molar-refractivity contribution in [3.63, 3.8) is 0 Å². The summed E-state index contributed by atoms with van der Waals surface area (Å²) in [4.78, 5) is 11.6. The van der Waals surface area contributed by atoms with Gasteiger partial charge in [0.1, 0.15) is 11.3 Å². The minimum absolute atomic E-state index is 0.00764. The van der Waals surface area contributed by atoms with Crippen molar-refractivity contribution in [1.82, 2.24) is 0 Å². The Morgan fingerprint density at radius 1 is 1.60 bits per heavy atom. The quantitative estimate of drug-likeness (QED) is 0.717. The highest BCUT2D eigenvalue weighted by molar-refractivity contribution is 5.73.